The Kier molecular flexibility index (Phi) is 5.64. The second-order valence-corrected chi connectivity index (χ2v) is 11.3. The molecule has 2 saturated heterocycles. The molecule has 1 atom stereocenters. The van der Waals surface area contributed by atoms with E-state index in [9.17, 15) is 22.0 Å². The fraction of sp³-hybridized carbons (Fsp3) is 0.308. The molecule has 0 N–H and O–H groups in total. The molecule has 7 rings (SSSR count). The minimum Gasteiger partial charge on any atom is -0.443 e. The third-order valence-electron chi connectivity index (χ3n) is 7.18. The first kappa shape index (κ1) is 23.8. The molecule has 0 amide bonds. The second kappa shape index (κ2) is 8.77. The van der Waals surface area contributed by atoms with Crippen LogP contribution in [-0.4, -0.2) is 45.5 Å². The zero-order valence-electron chi connectivity index (χ0n) is 19.8. The number of nitrogens with zero attached hydrogens (tertiary/aromatic N) is 4. The first-order chi connectivity index (χ1) is 17.7. The van der Waals surface area contributed by atoms with Crippen LogP contribution in [0, 0.1) is 24.5 Å². The monoisotopic (exact) mass is 524 g/mol. The summed E-state index contributed by atoms with van der Waals surface area (Å²) >= 11 is 0. The number of benzene rings is 1. The van der Waals surface area contributed by atoms with E-state index in [-0.39, 0.29) is 46.8 Å². The van der Waals surface area contributed by atoms with E-state index in [2.05, 4.69) is 15.0 Å². The number of aryl methyl sites for hydroxylation is 2. The highest BCUT2D eigenvalue weighted by atomic mass is 32.2. The average Bonchev–Trinajstić information content (AvgIpc) is 3.55. The molecule has 0 unspecified atom stereocenters. The number of hydrogen-bond acceptors (Lipinski definition) is 7. The summed E-state index contributed by atoms with van der Waals surface area (Å²) < 4.78 is 61.8. The largest absolute Gasteiger partial charge is 0.443 e. The minimum absolute atomic E-state index is 0.0493. The number of fused-ring (bicyclic) bond motifs is 2. The van der Waals surface area contributed by atoms with Crippen LogP contribution >= 0.6 is 0 Å². The number of carbonyl (C=O) groups is 1. The highest BCUT2D eigenvalue weighted by Gasteiger charge is 2.58. The first-order valence-corrected chi connectivity index (χ1v) is 13.3. The van der Waals surface area contributed by atoms with Crippen molar-refractivity contribution in [3.05, 3.63) is 72.1 Å². The van der Waals surface area contributed by atoms with Crippen LogP contribution < -0.4 is 0 Å². The molecular weight excluding hydrogens is 502 g/mol. The van der Waals surface area contributed by atoms with Gasteiger partial charge in [-0.3, -0.25) is 9.78 Å². The quantitative estimate of drug-likeness (QED) is 0.356. The number of pyridine rings is 1. The van der Waals surface area contributed by atoms with Crippen LogP contribution in [0.15, 0.2) is 58.4 Å². The molecule has 0 radical (unpaired) electrons. The van der Waals surface area contributed by atoms with Crippen LogP contribution in [0.2, 0.25) is 0 Å². The van der Waals surface area contributed by atoms with Gasteiger partial charge in [0.15, 0.2) is 5.78 Å². The molecule has 2 bridgehead atoms. The van der Waals surface area contributed by atoms with E-state index in [1.807, 2.05) is 0 Å². The Morgan fingerprint density at radius 1 is 1.08 bits per heavy atom. The maximum Gasteiger partial charge on any atom is 0.277 e. The van der Waals surface area contributed by atoms with Gasteiger partial charge in [-0.2, -0.15) is 4.31 Å². The Balaban J connectivity index is 1.22. The first-order valence-electron chi connectivity index (χ1n) is 11.9. The number of carbonyl (C=O) groups excluding carboxylic acids is 1. The lowest BCUT2D eigenvalue weighted by molar-refractivity contribution is -0.122. The van der Waals surface area contributed by atoms with Crippen molar-refractivity contribution >= 4 is 26.8 Å². The smallest absolute Gasteiger partial charge is 0.277 e. The van der Waals surface area contributed by atoms with Crippen LogP contribution in [0.1, 0.15) is 30.8 Å². The highest BCUT2D eigenvalue weighted by Crippen LogP contribution is 2.49. The summed E-state index contributed by atoms with van der Waals surface area (Å²) in [6.45, 7) is 1.73. The van der Waals surface area contributed by atoms with E-state index in [0.29, 0.717) is 35.3 Å². The summed E-state index contributed by atoms with van der Waals surface area (Å²) in [7, 11) is -4.11. The molecule has 2 aliphatic heterocycles. The summed E-state index contributed by atoms with van der Waals surface area (Å²) in [5, 5.41) is 0.0359. The molecule has 3 aromatic heterocycles. The number of furan rings is 1. The van der Waals surface area contributed by atoms with Crippen molar-refractivity contribution in [1.82, 2.24) is 19.3 Å². The Bertz CT molecular complexity index is 1630. The SMILES string of the molecule is Cc1ncc(-c2cc(CCC(=O)[C@@H]3C4CC(C4)N3S(=O)(=O)c3cc4cc(F)ccc4o3)ncc2F)cn1. The molecule has 1 aromatic carbocycles. The second-order valence-electron chi connectivity index (χ2n) is 9.55. The predicted molar refractivity (Wildman–Crippen MR) is 129 cm³/mol. The van der Waals surface area contributed by atoms with E-state index in [1.165, 1.54) is 41.0 Å². The lowest BCUT2D eigenvalue weighted by Crippen LogP contribution is -2.41. The van der Waals surface area contributed by atoms with Crippen molar-refractivity contribution in [1.29, 1.82) is 0 Å². The number of sulfonamides is 1. The summed E-state index contributed by atoms with van der Waals surface area (Å²) in [5.74, 6) is -0.741. The van der Waals surface area contributed by atoms with E-state index in [4.69, 9.17) is 4.42 Å². The molecule has 5 heterocycles. The Labute approximate surface area is 211 Å². The number of hydrogen-bond donors (Lipinski definition) is 0. The molecule has 3 fully saturated rings. The van der Waals surface area contributed by atoms with Crippen molar-refractivity contribution in [3.8, 4) is 11.1 Å². The number of halogens is 2. The van der Waals surface area contributed by atoms with Gasteiger partial charge >= 0.3 is 0 Å². The standard InChI is InChI=1S/C26H22F2N4O4S/c1-14-29-11-17(12-30-14)21-10-19(31-13-22(21)28)3-4-23(33)26-16-7-20(8-16)32(26)37(34,35)25-9-15-6-18(27)2-5-24(15)36-25/h2,5-6,9-13,16,20,26H,3-4,7-8H2,1H3/t16?,20?,26-/m0/s1. The van der Waals surface area contributed by atoms with Gasteiger partial charge in [-0.1, -0.05) is 0 Å². The van der Waals surface area contributed by atoms with Crippen LogP contribution in [0.5, 0.6) is 0 Å². The number of rotatable bonds is 7. The molecule has 8 nitrogen and oxygen atoms in total. The van der Waals surface area contributed by atoms with Gasteiger partial charge in [0.1, 0.15) is 23.0 Å². The molecule has 1 saturated carbocycles. The maximum absolute atomic E-state index is 14.4. The van der Waals surface area contributed by atoms with Gasteiger partial charge < -0.3 is 4.42 Å². The summed E-state index contributed by atoms with van der Waals surface area (Å²) in [6.07, 6.45) is 5.64. The van der Waals surface area contributed by atoms with Gasteiger partial charge in [0.25, 0.3) is 10.0 Å². The summed E-state index contributed by atoms with van der Waals surface area (Å²) in [6, 6.07) is 5.57. The van der Waals surface area contributed by atoms with Crippen molar-refractivity contribution in [2.75, 3.05) is 0 Å². The third-order valence-corrected chi connectivity index (χ3v) is 8.97. The third kappa shape index (κ3) is 4.11. The van der Waals surface area contributed by atoms with Gasteiger partial charge in [0.2, 0.25) is 5.09 Å². The fourth-order valence-electron chi connectivity index (χ4n) is 5.27. The summed E-state index contributed by atoms with van der Waals surface area (Å²) in [4.78, 5) is 25.6. The normalized spacial score (nSPS) is 21.3. The number of Topliss-reactive ketones (excluding diaryl/α,β-unsaturated/α-hetero) is 1. The molecule has 1 aliphatic carbocycles. The van der Waals surface area contributed by atoms with Crippen LogP contribution in [0.25, 0.3) is 22.1 Å². The van der Waals surface area contributed by atoms with E-state index < -0.39 is 27.7 Å². The molecular formula is C26H22F2N4O4S. The molecule has 3 aliphatic rings. The fourth-order valence-corrected chi connectivity index (χ4v) is 7.10. The van der Waals surface area contributed by atoms with E-state index >= 15 is 0 Å². The van der Waals surface area contributed by atoms with E-state index in [1.54, 1.807) is 13.0 Å². The zero-order chi connectivity index (χ0) is 25.9. The molecule has 190 valence electrons. The Morgan fingerprint density at radius 3 is 2.59 bits per heavy atom. The van der Waals surface area contributed by atoms with Crippen LogP contribution in [0.4, 0.5) is 8.78 Å². The Morgan fingerprint density at radius 2 is 1.84 bits per heavy atom. The zero-order valence-corrected chi connectivity index (χ0v) is 20.6. The molecule has 11 heteroatoms. The van der Waals surface area contributed by atoms with Gasteiger partial charge in [0.05, 0.1) is 12.2 Å². The topological polar surface area (TPSA) is 106 Å². The minimum atomic E-state index is -4.11. The molecule has 0 spiro atoms. The van der Waals surface area contributed by atoms with Crippen molar-refractivity contribution in [3.63, 3.8) is 0 Å². The van der Waals surface area contributed by atoms with Crippen LogP contribution in [0.3, 0.4) is 0 Å². The lowest BCUT2D eigenvalue weighted by atomic mass is 9.81. The van der Waals surface area contributed by atoms with Gasteiger partial charge in [0, 0.05) is 53.1 Å². The van der Waals surface area contributed by atoms with Gasteiger partial charge in [-0.05, 0) is 56.4 Å². The van der Waals surface area contributed by atoms with Crippen LogP contribution in [-0.2, 0) is 21.2 Å². The highest BCUT2D eigenvalue weighted by molar-refractivity contribution is 7.89. The van der Waals surface area contributed by atoms with E-state index in [0.717, 1.165) is 6.20 Å². The Hall–Kier alpha value is -3.57. The van der Waals surface area contributed by atoms with Crippen molar-refractivity contribution in [2.45, 2.75) is 49.8 Å². The average molecular weight is 525 g/mol. The maximum atomic E-state index is 14.4. The summed E-state index contributed by atoms with van der Waals surface area (Å²) in [5.41, 5.74) is 1.54. The molecule has 37 heavy (non-hydrogen) atoms. The van der Waals surface area contributed by atoms with Gasteiger partial charge in [-0.25, -0.2) is 27.2 Å². The number of aromatic nitrogens is 3. The van der Waals surface area contributed by atoms with Crippen molar-refractivity contribution < 1.29 is 26.4 Å². The molecule has 4 aromatic rings. The predicted octanol–water partition coefficient (Wildman–Crippen LogP) is 4.22. The van der Waals surface area contributed by atoms with Crippen molar-refractivity contribution in [2.24, 2.45) is 5.92 Å². The lowest BCUT2D eigenvalue weighted by Gasteiger charge is -2.24. The number of ketones is 1. The van der Waals surface area contributed by atoms with Gasteiger partial charge in [-0.15, -0.1) is 0 Å².